The van der Waals surface area contributed by atoms with Gasteiger partial charge < -0.3 is 48.8 Å². The monoisotopic (exact) mass is 764 g/mol. The van der Waals surface area contributed by atoms with Gasteiger partial charge in [0.15, 0.2) is 0 Å². The second kappa shape index (κ2) is 24.9. The minimum absolute atomic E-state index is 0.322. The molecule has 0 fully saturated rings. The number of rotatable bonds is 25. The number of carbonyl (C=O) groups is 6. The number of ether oxygens (including phenoxy) is 6. The molecule has 0 radical (unpaired) electrons. The van der Waals surface area contributed by atoms with E-state index in [4.69, 9.17) is 33.5 Å². The molecule has 0 aliphatic rings. The van der Waals surface area contributed by atoms with Crippen molar-refractivity contribution in [2.24, 2.45) is 29.6 Å². The van der Waals surface area contributed by atoms with Crippen LogP contribution in [0.5, 0.6) is 0 Å². The van der Waals surface area contributed by atoms with Gasteiger partial charge in [-0.15, -0.1) is 0 Å². The fourth-order valence-corrected chi connectivity index (χ4v) is 4.71. The van der Waals surface area contributed by atoms with Crippen LogP contribution in [0.2, 0.25) is 0 Å². The summed E-state index contributed by atoms with van der Waals surface area (Å²) in [6.45, 7) is 16.4. The van der Waals surface area contributed by atoms with Gasteiger partial charge in [0.25, 0.3) is 0 Å². The summed E-state index contributed by atoms with van der Waals surface area (Å²) < 4.78 is 32.7. The predicted molar refractivity (Wildman–Crippen MR) is 188 cm³/mol. The molecule has 0 aromatic heterocycles. The summed E-state index contributed by atoms with van der Waals surface area (Å²) in [4.78, 5) is 78.9. The van der Waals surface area contributed by atoms with Crippen molar-refractivity contribution in [3.63, 3.8) is 0 Å². The third-order valence-electron chi connectivity index (χ3n) is 9.60. The normalized spacial score (nSPS) is 18.8. The van der Waals surface area contributed by atoms with E-state index in [1.54, 1.807) is 69.2 Å². The van der Waals surface area contributed by atoms with Gasteiger partial charge in [-0.25, -0.2) is 24.0 Å². The van der Waals surface area contributed by atoms with E-state index in [1.807, 2.05) is 0 Å². The summed E-state index contributed by atoms with van der Waals surface area (Å²) >= 11 is 0. The largest absolute Gasteiger partial charge is 0.460 e. The summed E-state index contributed by atoms with van der Waals surface area (Å²) in [6, 6.07) is 0. The minimum atomic E-state index is -1.82. The highest BCUT2D eigenvalue weighted by Gasteiger charge is 2.42. The zero-order valence-corrected chi connectivity index (χ0v) is 33.1. The van der Waals surface area contributed by atoms with Gasteiger partial charge in [0, 0.05) is 36.5 Å². The summed E-state index contributed by atoms with van der Waals surface area (Å²) in [6.07, 6.45) is -10.8. The number of hydrogen-bond acceptors (Lipinski definition) is 16. The second-order valence-corrected chi connectivity index (χ2v) is 13.8. The van der Waals surface area contributed by atoms with Crippen molar-refractivity contribution in [2.45, 2.75) is 157 Å². The van der Waals surface area contributed by atoms with Gasteiger partial charge in [-0.1, -0.05) is 69.2 Å². The molecule has 308 valence electrons. The molecule has 0 unspecified atom stereocenters. The van der Waals surface area contributed by atoms with Crippen LogP contribution < -0.4 is 0 Å². The first-order chi connectivity index (χ1) is 24.8. The molecule has 53 heavy (non-hydrogen) atoms. The number of carbonyl (C=O) groups excluding carboxylic acids is 6. The Hall–Kier alpha value is -3.34. The first-order valence-corrected chi connectivity index (χ1v) is 18.6. The van der Waals surface area contributed by atoms with Crippen molar-refractivity contribution in [1.82, 2.24) is 0 Å². The average Bonchev–Trinajstić information content (AvgIpc) is 3.14. The lowest BCUT2D eigenvalue weighted by Gasteiger charge is -2.30. The number of hydrogen-bond donors (Lipinski definition) is 4. The smallest absolute Gasteiger partial charge is 0.348 e. The Morgan fingerprint density at radius 3 is 0.962 bits per heavy atom. The molecule has 0 heterocycles. The fraction of sp³-hybridized carbons (Fsp3) is 0.838. The zero-order chi connectivity index (χ0) is 41.2. The molecule has 0 aliphatic heterocycles. The molecule has 0 rings (SSSR count). The quantitative estimate of drug-likeness (QED) is 0.0771. The lowest BCUT2D eigenvalue weighted by molar-refractivity contribution is -0.197. The molecule has 16 nitrogen and oxygen atoms in total. The van der Waals surface area contributed by atoms with Gasteiger partial charge in [0.05, 0.1) is 6.61 Å². The molecule has 0 aliphatic carbocycles. The number of aliphatic hydroxyl groups excluding tert-OH is 4. The third kappa shape index (κ3) is 15.9. The molecule has 0 amide bonds. The summed E-state index contributed by atoms with van der Waals surface area (Å²) in [7, 11) is 0. The topological polar surface area (TPSA) is 239 Å². The van der Waals surface area contributed by atoms with Crippen LogP contribution in [0.15, 0.2) is 0 Å². The summed E-state index contributed by atoms with van der Waals surface area (Å²) in [5.74, 6) is -8.81. The third-order valence-corrected chi connectivity index (χ3v) is 9.60. The van der Waals surface area contributed by atoms with E-state index in [1.165, 1.54) is 0 Å². The van der Waals surface area contributed by atoms with Crippen LogP contribution in [0.3, 0.4) is 0 Å². The molecule has 13 atom stereocenters. The minimum Gasteiger partial charge on any atom is -0.460 e. The van der Waals surface area contributed by atoms with E-state index in [0.717, 1.165) is 6.92 Å². The predicted octanol–water partition coefficient (Wildman–Crippen LogP) is 2.41. The van der Waals surface area contributed by atoms with Gasteiger partial charge in [0.2, 0.25) is 30.5 Å². The van der Waals surface area contributed by atoms with E-state index in [2.05, 4.69) is 0 Å². The Labute approximate surface area is 313 Å². The maximum Gasteiger partial charge on any atom is 0.348 e. The van der Waals surface area contributed by atoms with Gasteiger partial charge >= 0.3 is 35.8 Å². The maximum atomic E-state index is 13.7. The van der Waals surface area contributed by atoms with E-state index in [-0.39, 0.29) is 0 Å². The van der Waals surface area contributed by atoms with Crippen LogP contribution in [0.4, 0.5) is 0 Å². The summed E-state index contributed by atoms with van der Waals surface area (Å²) in [5, 5.41) is 38.5. The van der Waals surface area contributed by atoms with Crippen molar-refractivity contribution in [3.05, 3.63) is 0 Å². The van der Waals surface area contributed by atoms with Crippen molar-refractivity contribution < 1.29 is 77.6 Å². The van der Waals surface area contributed by atoms with E-state index in [0.29, 0.717) is 32.1 Å². The Bertz CT molecular complexity index is 1160. The highest BCUT2D eigenvalue weighted by Crippen LogP contribution is 2.25. The molecule has 0 bridgehead atoms. The molecular formula is C37H64O16. The SMILES string of the molecule is CC[C@@H](C)[C@H](OC(=O)[C@@H](OC(=O)[C@@H](OC(=O)[C@@H](OC(=O)[C@@H](OC(C)=O)[C@@H](C)CC)[C@H](C)CC)[C@@H](C)CC)[C@H](C)CC)C(=O)OC[C@H](O)[C@H](O)[C@H](O)CO. The van der Waals surface area contributed by atoms with Crippen LogP contribution in [-0.4, -0.2) is 118 Å². The highest BCUT2D eigenvalue weighted by molar-refractivity contribution is 5.87. The van der Waals surface area contributed by atoms with Crippen LogP contribution in [-0.2, 0) is 57.2 Å². The Morgan fingerprint density at radius 2 is 0.717 bits per heavy atom. The van der Waals surface area contributed by atoms with Gasteiger partial charge in [-0.3, -0.25) is 4.79 Å². The maximum absolute atomic E-state index is 13.7. The zero-order valence-electron chi connectivity index (χ0n) is 33.1. The first-order valence-electron chi connectivity index (χ1n) is 18.6. The van der Waals surface area contributed by atoms with Gasteiger partial charge in [0.1, 0.15) is 24.9 Å². The van der Waals surface area contributed by atoms with Crippen molar-refractivity contribution in [2.75, 3.05) is 13.2 Å². The average molecular weight is 765 g/mol. The molecule has 16 heteroatoms. The Balaban J connectivity index is 6.28. The Kier molecular flexibility index (Phi) is 23.3. The van der Waals surface area contributed by atoms with Crippen LogP contribution >= 0.6 is 0 Å². The molecule has 4 N–H and O–H groups in total. The number of esters is 6. The van der Waals surface area contributed by atoms with E-state index >= 15 is 0 Å². The van der Waals surface area contributed by atoms with E-state index < -0.39 is 127 Å². The van der Waals surface area contributed by atoms with Crippen molar-refractivity contribution in [3.8, 4) is 0 Å². The van der Waals surface area contributed by atoms with Gasteiger partial charge in [-0.05, 0) is 32.1 Å². The van der Waals surface area contributed by atoms with Crippen LogP contribution in [0, 0.1) is 29.6 Å². The van der Waals surface area contributed by atoms with Crippen molar-refractivity contribution in [1.29, 1.82) is 0 Å². The number of aliphatic hydroxyl groups is 4. The molecule has 0 spiro atoms. The van der Waals surface area contributed by atoms with E-state index in [9.17, 15) is 44.1 Å². The second-order valence-electron chi connectivity index (χ2n) is 13.8. The summed E-state index contributed by atoms with van der Waals surface area (Å²) in [5.41, 5.74) is 0. The molecular weight excluding hydrogens is 700 g/mol. The fourth-order valence-electron chi connectivity index (χ4n) is 4.71. The van der Waals surface area contributed by atoms with Crippen LogP contribution in [0.1, 0.15) is 108 Å². The lowest BCUT2D eigenvalue weighted by atomic mass is 9.98. The molecule has 0 saturated carbocycles. The lowest BCUT2D eigenvalue weighted by Crippen LogP contribution is -2.47. The standard InChI is InChI=1S/C37H64O16/c1-12-19(6)28(33(43)48-18-26(41)27(42)25(40)17-38)50-35(45)30(21(8)14-3)52-37(47)32(23(10)16-5)53-36(46)31(22(9)15-4)51-34(44)29(20(7)13-2)49-24(11)39/h19-23,25-32,38,40-42H,12-18H2,1-11H3/t19-,20+,21-,22-,23+,25-,26+,27-,28+,29+,30+,31+,32+/m1/s1. The molecule has 0 aromatic rings. The van der Waals surface area contributed by atoms with Crippen molar-refractivity contribution >= 4 is 35.8 Å². The Morgan fingerprint density at radius 1 is 0.453 bits per heavy atom. The molecule has 0 saturated heterocycles. The first kappa shape index (κ1) is 49.7. The highest BCUT2D eigenvalue weighted by atomic mass is 16.7. The van der Waals surface area contributed by atoms with Gasteiger partial charge in [-0.2, -0.15) is 0 Å². The molecule has 0 aromatic carbocycles. The van der Waals surface area contributed by atoms with Crippen LogP contribution in [0.25, 0.3) is 0 Å².